The molecule has 0 atom stereocenters. The maximum Gasteiger partial charge on any atom is 0.262 e. The largest absolute Gasteiger partial charge is 0.355 e. The van der Waals surface area contributed by atoms with Crippen LogP contribution in [0.4, 0.5) is 0 Å². The van der Waals surface area contributed by atoms with Gasteiger partial charge in [0.2, 0.25) is 5.91 Å². The van der Waals surface area contributed by atoms with E-state index < -0.39 is 0 Å². The van der Waals surface area contributed by atoms with Crippen LogP contribution in [0.3, 0.4) is 0 Å². The van der Waals surface area contributed by atoms with Crippen LogP contribution in [-0.2, 0) is 17.8 Å². The van der Waals surface area contributed by atoms with Crippen LogP contribution in [0.15, 0.2) is 88.8 Å². The fourth-order valence-electron chi connectivity index (χ4n) is 3.85. The monoisotopic (exact) mass is 514 g/mol. The Hall–Kier alpha value is -3.91. The lowest BCUT2D eigenvalue weighted by Gasteiger charge is -2.14. The number of hydrogen-bond acceptors (Lipinski definition) is 5. The Morgan fingerprint density at radius 3 is 2.35 bits per heavy atom. The highest BCUT2D eigenvalue weighted by Crippen LogP contribution is 2.19. The summed E-state index contributed by atoms with van der Waals surface area (Å²) in [5.74, 6) is -0.0828. The zero-order valence-electron chi connectivity index (χ0n) is 20.8. The van der Waals surface area contributed by atoms with E-state index in [0.29, 0.717) is 34.7 Å². The molecule has 4 aromatic rings. The lowest BCUT2D eigenvalue weighted by Crippen LogP contribution is -2.28. The minimum absolute atomic E-state index is 0.114. The van der Waals surface area contributed by atoms with Crippen molar-refractivity contribution < 1.29 is 9.59 Å². The number of thioether (sulfide) groups is 1. The molecule has 1 aromatic heterocycles. The maximum absolute atomic E-state index is 13.4. The highest BCUT2D eigenvalue weighted by molar-refractivity contribution is 7.99. The van der Waals surface area contributed by atoms with Crippen LogP contribution < -0.4 is 16.2 Å². The van der Waals surface area contributed by atoms with Gasteiger partial charge in [0.1, 0.15) is 0 Å². The molecule has 7 nitrogen and oxygen atoms in total. The number of hydrogen-bond donors (Lipinski definition) is 2. The first-order chi connectivity index (χ1) is 18.0. The van der Waals surface area contributed by atoms with Gasteiger partial charge < -0.3 is 10.6 Å². The fraction of sp³-hybridized carbons (Fsp3) is 0.241. The standard InChI is InChI=1S/C29H30N4O3S/c1-2-17-31-27(35)23-14-12-22(13-15-23)19-33-28(36)24-10-6-7-11-25(24)32-29(33)37-20-26(34)30-18-16-21-8-4-3-5-9-21/h3-15H,2,16-20H2,1H3,(H,30,34)(H,31,35). The van der Waals surface area contributed by atoms with E-state index in [4.69, 9.17) is 4.98 Å². The summed E-state index contributed by atoms with van der Waals surface area (Å²) in [6, 6.07) is 24.4. The second-order valence-corrected chi connectivity index (χ2v) is 9.57. The Labute approximate surface area is 220 Å². The number of aromatic nitrogens is 2. The normalized spacial score (nSPS) is 10.8. The van der Waals surface area contributed by atoms with Gasteiger partial charge in [-0.2, -0.15) is 0 Å². The van der Waals surface area contributed by atoms with E-state index in [1.54, 1.807) is 28.8 Å². The second kappa shape index (κ2) is 12.9. The van der Waals surface area contributed by atoms with Gasteiger partial charge in [-0.15, -0.1) is 0 Å². The summed E-state index contributed by atoms with van der Waals surface area (Å²) in [4.78, 5) is 42.8. The van der Waals surface area contributed by atoms with Crippen LogP contribution in [0.25, 0.3) is 10.9 Å². The number of para-hydroxylation sites is 1. The van der Waals surface area contributed by atoms with E-state index in [2.05, 4.69) is 10.6 Å². The average Bonchev–Trinajstić information content (AvgIpc) is 2.93. The van der Waals surface area contributed by atoms with Gasteiger partial charge in [-0.1, -0.05) is 73.3 Å². The van der Waals surface area contributed by atoms with Crippen molar-refractivity contribution in [3.05, 3.63) is 106 Å². The van der Waals surface area contributed by atoms with Crippen molar-refractivity contribution in [2.75, 3.05) is 18.8 Å². The molecule has 0 unspecified atom stereocenters. The molecule has 2 amide bonds. The molecule has 0 aliphatic carbocycles. The summed E-state index contributed by atoms with van der Waals surface area (Å²) in [5, 5.41) is 6.80. The third-order valence-corrected chi connectivity index (χ3v) is 6.81. The summed E-state index contributed by atoms with van der Waals surface area (Å²) >= 11 is 1.24. The average molecular weight is 515 g/mol. The van der Waals surface area contributed by atoms with Crippen LogP contribution in [0.1, 0.15) is 34.8 Å². The Morgan fingerprint density at radius 2 is 1.59 bits per heavy atom. The number of carbonyl (C=O) groups excluding carboxylic acids is 2. The molecule has 190 valence electrons. The molecule has 0 spiro atoms. The number of nitrogens with one attached hydrogen (secondary N) is 2. The SMILES string of the molecule is CCCNC(=O)c1ccc(Cn2c(SCC(=O)NCCc3ccccc3)nc3ccccc3c2=O)cc1. The molecule has 37 heavy (non-hydrogen) atoms. The zero-order chi connectivity index (χ0) is 26.0. The van der Waals surface area contributed by atoms with E-state index >= 15 is 0 Å². The van der Waals surface area contributed by atoms with Crippen molar-refractivity contribution in [2.24, 2.45) is 0 Å². The van der Waals surface area contributed by atoms with Crippen molar-refractivity contribution in [3.8, 4) is 0 Å². The molecule has 0 aliphatic rings. The van der Waals surface area contributed by atoms with E-state index in [1.807, 2.05) is 61.5 Å². The highest BCUT2D eigenvalue weighted by Gasteiger charge is 2.14. The Morgan fingerprint density at radius 1 is 0.865 bits per heavy atom. The Kier molecular flexibility index (Phi) is 9.10. The van der Waals surface area contributed by atoms with Crippen molar-refractivity contribution in [1.82, 2.24) is 20.2 Å². The molecule has 3 aromatic carbocycles. The minimum Gasteiger partial charge on any atom is -0.355 e. The van der Waals surface area contributed by atoms with E-state index in [-0.39, 0.29) is 29.7 Å². The summed E-state index contributed by atoms with van der Waals surface area (Å²) in [6.07, 6.45) is 1.62. The molecule has 8 heteroatoms. The predicted octanol–water partition coefficient (Wildman–Crippen LogP) is 4.04. The molecular formula is C29H30N4O3S. The maximum atomic E-state index is 13.4. The van der Waals surface area contributed by atoms with Crippen molar-refractivity contribution in [3.63, 3.8) is 0 Å². The van der Waals surface area contributed by atoms with Crippen LogP contribution >= 0.6 is 11.8 Å². The molecule has 0 radical (unpaired) electrons. The lowest BCUT2D eigenvalue weighted by molar-refractivity contribution is -0.118. The summed E-state index contributed by atoms with van der Waals surface area (Å²) < 4.78 is 1.59. The fourth-order valence-corrected chi connectivity index (χ4v) is 4.68. The third-order valence-electron chi connectivity index (χ3n) is 5.83. The van der Waals surface area contributed by atoms with Crippen molar-refractivity contribution in [1.29, 1.82) is 0 Å². The van der Waals surface area contributed by atoms with Gasteiger partial charge in [0.05, 0.1) is 23.2 Å². The molecule has 0 aliphatic heterocycles. The first kappa shape index (κ1) is 26.2. The number of rotatable bonds is 11. The molecular weight excluding hydrogens is 484 g/mol. The smallest absolute Gasteiger partial charge is 0.262 e. The van der Waals surface area contributed by atoms with E-state index in [0.717, 1.165) is 24.0 Å². The van der Waals surface area contributed by atoms with Crippen LogP contribution in [0.5, 0.6) is 0 Å². The topological polar surface area (TPSA) is 93.1 Å². The van der Waals surface area contributed by atoms with Gasteiger partial charge >= 0.3 is 0 Å². The third kappa shape index (κ3) is 7.07. The predicted molar refractivity (Wildman–Crippen MR) is 148 cm³/mol. The zero-order valence-corrected chi connectivity index (χ0v) is 21.6. The first-order valence-corrected chi connectivity index (χ1v) is 13.3. The molecule has 4 rings (SSSR count). The van der Waals surface area contributed by atoms with Crippen LogP contribution in [-0.4, -0.2) is 40.2 Å². The molecule has 0 saturated carbocycles. The molecule has 0 bridgehead atoms. The Bertz CT molecular complexity index is 1420. The molecule has 0 saturated heterocycles. The quantitative estimate of drug-likeness (QED) is 0.233. The van der Waals surface area contributed by atoms with Crippen molar-refractivity contribution >= 4 is 34.5 Å². The molecule has 1 heterocycles. The van der Waals surface area contributed by atoms with Gasteiger partial charge in [0, 0.05) is 18.7 Å². The summed E-state index contributed by atoms with van der Waals surface area (Å²) in [6.45, 7) is 3.45. The number of fused-ring (bicyclic) bond motifs is 1. The van der Waals surface area contributed by atoms with Gasteiger partial charge in [-0.3, -0.25) is 19.0 Å². The summed E-state index contributed by atoms with van der Waals surface area (Å²) in [5.41, 5.74) is 3.03. The van der Waals surface area contributed by atoms with Crippen LogP contribution in [0.2, 0.25) is 0 Å². The lowest BCUT2D eigenvalue weighted by atomic mass is 10.1. The number of nitrogens with zero attached hydrogens (tertiary/aromatic N) is 2. The number of benzene rings is 3. The van der Waals surface area contributed by atoms with Gasteiger partial charge in [0.15, 0.2) is 5.16 Å². The number of amides is 2. The molecule has 0 fully saturated rings. The molecule has 2 N–H and O–H groups in total. The van der Waals surface area contributed by atoms with Gasteiger partial charge in [0.25, 0.3) is 11.5 Å². The second-order valence-electron chi connectivity index (χ2n) is 8.63. The van der Waals surface area contributed by atoms with Crippen LogP contribution in [0, 0.1) is 0 Å². The van der Waals surface area contributed by atoms with E-state index in [9.17, 15) is 14.4 Å². The van der Waals surface area contributed by atoms with Gasteiger partial charge in [-0.25, -0.2) is 4.98 Å². The minimum atomic E-state index is -0.164. The highest BCUT2D eigenvalue weighted by atomic mass is 32.2. The Balaban J connectivity index is 1.48. The number of carbonyl (C=O) groups is 2. The van der Waals surface area contributed by atoms with E-state index in [1.165, 1.54) is 11.8 Å². The first-order valence-electron chi connectivity index (χ1n) is 12.4. The summed E-state index contributed by atoms with van der Waals surface area (Å²) in [7, 11) is 0. The van der Waals surface area contributed by atoms with Crippen molar-refractivity contribution in [2.45, 2.75) is 31.5 Å². The van der Waals surface area contributed by atoms with Gasteiger partial charge in [-0.05, 0) is 48.2 Å².